The molecule has 1 aliphatic heterocycles. The molecule has 1 aliphatic rings. The minimum atomic E-state index is -3.62. The van der Waals surface area contributed by atoms with Crippen LogP contribution in [0.25, 0.3) is 0 Å². The number of rotatable bonds is 3. The molecule has 0 bridgehead atoms. The fraction of sp³-hybridized carbons (Fsp3) is 0.375. The Kier molecular flexibility index (Phi) is 5.52. The summed E-state index contributed by atoms with van der Waals surface area (Å²) in [6.45, 7) is 4.92. The van der Waals surface area contributed by atoms with Crippen LogP contribution in [-0.4, -0.2) is 54.1 Å². The van der Waals surface area contributed by atoms with Crippen molar-refractivity contribution in [1.82, 2.24) is 14.4 Å². The fourth-order valence-electron chi connectivity index (χ4n) is 2.84. The lowest BCUT2D eigenvalue weighted by Gasteiger charge is -2.35. The van der Waals surface area contributed by atoms with Gasteiger partial charge in [-0.15, -0.1) is 0 Å². The zero-order valence-electron chi connectivity index (χ0n) is 14.4. The molecule has 0 amide bonds. The van der Waals surface area contributed by atoms with Gasteiger partial charge in [0.15, 0.2) is 10.9 Å². The molecule has 26 heavy (non-hydrogen) atoms. The molecule has 0 unspecified atom stereocenters. The molecule has 0 atom stereocenters. The van der Waals surface area contributed by atoms with Crippen LogP contribution in [0.4, 0.5) is 5.69 Å². The largest absolute Gasteiger partial charge is 0.360 e. The van der Waals surface area contributed by atoms with Crippen molar-refractivity contribution < 1.29 is 12.9 Å². The van der Waals surface area contributed by atoms with Gasteiger partial charge in [-0.3, -0.25) is 0 Å². The smallest absolute Gasteiger partial charge is 0.248 e. The second-order valence-electron chi connectivity index (χ2n) is 5.98. The van der Waals surface area contributed by atoms with Gasteiger partial charge in [0.25, 0.3) is 0 Å². The standard InChI is InChI=1S/C16H19ClN4O3S2/c1-11-15(12(2)24-19-11)26(22,23)21-9-7-20(8-10-21)16(25)18-14-5-3-13(17)4-6-14/h3-6H,7-10H2,1-2H3,(H,18,25). The first kappa shape index (κ1) is 19.1. The van der Waals surface area contributed by atoms with Crippen LogP contribution in [0.5, 0.6) is 0 Å². The number of nitrogens with one attached hydrogen (secondary N) is 1. The number of halogens is 1. The van der Waals surface area contributed by atoms with Crippen molar-refractivity contribution >= 4 is 44.6 Å². The number of sulfonamides is 1. The number of hydrogen-bond donors (Lipinski definition) is 1. The molecule has 10 heteroatoms. The highest BCUT2D eigenvalue weighted by atomic mass is 35.5. The number of aryl methyl sites for hydroxylation is 2. The monoisotopic (exact) mass is 414 g/mol. The number of aromatic nitrogens is 1. The van der Waals surface area contributed by atoms with Gasteiger partial charge < -0.3 is 14.7 Å². The van der Waals surface area contributed by atoms with Crippen molar-refractivity contribution in [1.29, 1.82) is 0 Å². The predicted octanol–water partition coefficient (Wildman–Crippen LogP) is 2.65. The van der Waals surface area contributed by atoms with Crippen molar-refractivity contribution in [3.63, 3.8) is 0 Å². The molecule has 1 saturated heterocycles. The SMILES string of the molecule is Cc1noc(C)c1S(=O)(=O)N1CCN(C(=S)Nc2ccc(Cl)cc2)CC1. The maximum absolute atomic E-state index is 12.8. The van der Waals surface area contributed by atoms with Gasteiger partial charge in [0.05, 0.1) is 0 Å². The Balaban J connectivity index is 1.63. The number of anilines is 1. The summed E-state index contributed by atoms with van der Waals surface area (Å²) < 4.78 is 32.1. The summed E-state index contributed by atoms with van der Waals surface area (Å²) in [4.78, 5) is 2.11. The van der Waals surface area contributed by atoms with Crippen molar-refractivity contribution in [3.8, 4) is 0 Å². The summed E-state index contributed by atoms with van der Waals surface area (Å²) in [5, 5.41) is 8.10. The average Bonchev–Trinajstić information content (AvgIpc) is 2.96. The number of nitrogens with zero attached hydrogens (tertiary/aromatic N) is 3. The molecule has 1 fully saturated rings. The summed E-state index contributed by atoms with van der Waals surface area (Å²) in [7, 11) is -3.62. The van der Waals surface area contributed by atoms with Crippen LogP contribution >= 0.6 is 23.8 Å². The van der Waals surface area contributed by atoms with Crippen LogP contribution < -0.4 is 5.32 Å². The van der Waals surface area contributed by atoms with Crippen molar-refractivity contribution in [3.05, 3.63) is 40.7 Å². The predicted molar refractivity (Wildman–Crippen MR) is 104 cm³/mol. The van der Waals surface area contributed by atoms with Crippen molar-refractivity contribution in [2.24, 2.45) is 0 Å². The van der Waals surface area contributed by atoms with Gasteiger partial charge in [0.1, 0.15) is 10.6 Å². The van der Waals surface area contributed by atoms with Gasteiger partial charge in [-0.25, -0.2) is 8.42 Å². The Morgan fingerprint density at radius 1 is 1.19 bits per heavy atom. The summed E-state index contributed by atoms with van der Waals surface area (Å²) in [6, 6.07) is 7.24. The van der Waals surface area contributed by atoms with E-state index in [4.69, 9.17) is 28.3 Å². The molecule has 1 aromatic carbocycles. The van der Waals surface area contributed by atoms with Crippen LogP contribution in [-0.2, 0) is 10.0 Å². The lowest BCUT2D eigenvalue weighted by Crippen LogP contribution is -2.51. The first-order chi connectivity index (χ1) is 12.3. The molecule has 0 radical (unpaired) electrons. The van der Waals surface area contributed by atoms with E-state index in [1.807, 2.05) is 17.0 Å². The highest BCUT2D eigenvalue weighted by Crippen LogP contribution is 2.24. The summed E-state index contributed by atoms with van der Waals surface area (Å²) in [6.07, 6.45) is 0. The van der Waals surface area contributed by atoms with E-state index in [1.165, 1.54) is 4.31 Å². The third-order valence-electron chi connectivity index (χ3n) is 4.19. The Labute approximate surface area is 162 Å². The first-order valence-corrected chi connectivity index (χ1v) is 10.3. The fourth-order valence-corrected chi connectivity index (χ4v) is 4.98. The Morgan fingerprint density at radius 3 is 2.35 bits per heavy atom. The highest BCUT2D eigenvalue weighted by molar-refractivity contribution is 7.89. The number of thiocarbonyl (C=S) groups is 1. The quantitative estimate of drug-likeness (QED) is 0.773. The zero-order valence-corrected chi connectivity index (χ0v) is 16.8. The zero-order chi connectivity index (χ0) is 18.9. The molecule has 0 spiro atoms. The molecule has 0 saturated carbocycles. The molecule has 2 heterocycles. The van der Waals surface area contributed by atoms with Gasteiger partial charge in [0, 0.05) is 36.9 Å². The lowest BCUT2D eigenvalue weighted by atomic mass is 10.3. The maximum Gasteiger partial charge on any atom is 0.248 e. The molecule has 1 N–H and O–H groups in total. The van der Waals surface area contributed by atoms with Crippen molar-refractivity contribution in [2.45, 2.75) is 18.7 Å². The molecule has 2 aromatic rings. The van der Waals surface area contributed by atoms with Crippen LogP contribution in [0.2, 0.25) is 5.02 Å². The van der Waals surface area contributed by atoms with E-state index in [1.54, 1.807) is 26.0 Å². The molecule has 0 aliphatic carbocycles. The Bertz CT molecular complexity index is 885. The average molecular weight is 415 g/mol. The highest BCUT2D eigenvalue weighted by Gasteiger charge is 2.33. The van der Waals surface area contributed by atoms with Crippen LogP contribution in [0.3, 0.4) is 0 Å². The van der Waals surface area contributed by atoms with E-state index < -0.39 is 10.0 Å². The molecular weight excluding hydrogens is 396 g/mol. The second-order valence-corrected chi connectivity index (χ2v) is 8.68. The van der Waals surface area contributed by atoms with E-state index in [0.29, 0.717) is 47.8 Å². The minimum Gasteiger partial charge on any atom is -0.360 e. The molecule has 1 aromatic heterocycles. The van der Waals surface area contributed by atoms with E-state index in [-0.39, 0.29) is 4.90 Å². The van der Waals surface area contributed by atoms with Crippen LogP contribution in [0.1, 0.15) is 11.5 Å². The lowest BCUT2D eigenvalue weighted by molar-refractivity contribution is 0.268. The van der Waals surface area contributed by atoms with Gasteiger partial charge in [-0.2, -0.15) is 4.31 Å². The molecule has 3 rings (SSSR count). The summed E-state index contributed by atoms with van der Waals surface area (Å²) >= 11 is 11.3. The second kappa shape index (κ2) is 7.51. The topological polar surface area (TPSA) is 78.7 Å². The third-order valence-corrected chi connectivity index (χ3v) is 6.94. The number of hydrogen-bond acceptors (Lipinski definition) is 5. The molecular formula is C16H19ClN4O3S2. The molecule has 7 nitrogen and oxygen atoms in total. The van der Waals surface area contributed by atoms with E-state index >= 15 is 0 Å². The molecule has 140 valence electrons. The van der Waals surface area contributed by atoms with E-state index in [9.17, 15) is 8.42 Å². The van der Waals surface area contributed by atoms with Gasteiger partial charge >= 0.3 is 0 Å². The van der Waals surface area contributed by atoms with E-state index in [2.05, 4.69) is 10.5 Å². The van der Waals surface area contributed by atoms with E-state index in [0.717, 1.165) is 5.69 Å². The van der Waals surface area contributed by atoms with Crippen molar-refractivity contribution in [2.75, 3.05) is 31.5 Å². The number of piperazine rings is 1. The van der Waals surface area contributed by atoms with Crippen LogP contribution in [0, 0.1) is 13.8 Å². The van der Waals surface area contributed by atoms with Gasteiger partial charge in [-0.05, 0) is 50.3 Å². The Hall–Kier alpha value is -1.68. The van der Waals surface area contributed by atoms with Crippen LogP contribution in [0.15, 0.2) is 33.7 Å². The Morgan fingerprint density at radius 2 is 1.81 bits per heavy atom. The normalized spacial score (nSPS) is 15.9. The maximum atomic E-state index is 12.8. The summed E-state index contributed by atoms with van der Waals surface area (Å²) in [5.74, 6) is 0.310. The third kappa shape index (κ3) is 3.85. The summed E-state index contributed by atoms with van der Waals surface area (Å²) in [5.41, 5.74) is 1.22. The van der Waals surface area contributed by atoms with Gasteiger partial charge in [0.2, 0.25) is 10.0 Å². The van der Waals surface area contributed by atoms with Gasteiger partial charge in [-0.1, -0.05) is 16.8 Å². The minimum absolute atomic E-state index is 0.160. The number of benzene rings is 1. The first-order valence-electron chi connectivity index (χ1n) is 8.03.